The molecular weight excluding hydrogens is 264 g/mol. The molecule has 110 valence electrons. The molecule has 4 rings (SSSR count). The fourth-order valence-corrected chi connectivity index (χ4v) is 4.18. The largest absolute Gasteiger partial charge is 0.0764 e. The Balaban J connectivity index is 1.53. The van der Waals surface area contributed by atoms with E-state index in [1.165, 1.54) is 35.1 Å². The van der Waals surface area contributed by atoms with Crippen LogP contribution in [0.15, 0.2) is 48.6 Å². The normalized spacial score (nSPS) is 21.2. The zero-order valence-electron chi connectivity index (χ0n) is 13.3. The van der Waals surface area contributed by atoms with Crippen LogP contribution in [0.4, 0.5) is 0 Å². The van der Waals surface area contributed by atoms with Crippen molar-refractivity contribution in [2.75, 3.05) is 0 Å². The second kappa shape index (κ2) is 5.28. The van der Waals surface area contributed by atoms with Crippen LogP contribution in [-0.4, -0.2) is 0 Å². The van der Waals surface area contributed by atoms with E-state index in [0.29, 0.717) is 11.8 Å². The van der Waals surface area contributed by atoms with Gasteiger partial charge in [0.1, 0.15) is 0 Å². The van der Waals surface area contributed by atoms with E-state index >= 15 is 0 Å². The topological polar surface area (TPSA) is 0 Å². The van der Waals surface area contributed by atoms with E-state index in [0.717, 1.165) is 0 Å². The molecule has 0 aromatic heterocycles. The van der Waals surface area contributed by atoms with Gasteiger partial charge in [0.05, 0.1) is 0 Å². The van der Waals surface area contributed by atoms with Gasteiger partial charge in [-0.05, 0) is 60.1 Å². The quantitative estimate of drug-likeness (QED) is 0.648. The van der Waals surface area contributed by atoms with Gasteiger partial charge in [-0.15, -0.1) is 0 Å². The Kier molecular flexibility index (Phi) is 3.26. The highest BCUT2D eigenvalue weighted by molar-refractivity contribution is 5.65. The maximum atomic E-state index is 2.40. The Morgan fingerprint density at radius 3 is 1.59 bits per heavy atom. The Labute approximate surface area is 133 Å². The van der Waals surface area contributed by atoms with Gasteiger partial charge in [-0.3, -0.25) is 0 Å². The molecule has 0 saturated carbocycles. The second-order valence-electron chi connectivity index (χ2n) is 6.66. The molecule has 0 fully saturated rings. The first-order chi connectivity index (χ1) is 10.7. The summed E-state index contributed by atoms with van der Waals surface area (Å²) in [4.78, 5) is 0. The van der Waals surface area contributed by atoms with E-state index in [9.17, 15) is 0 Å². The van der Waals surface area contributed by atoms with Gasteiger partial charge in [0, 0.05) is 11.8 Å². The van der Waals surface area contributed by atoms with Crippen molar-refractivity contribution in [3.05, 3.63) is 81.9 Å². The predicted molar refractivity (Wildman–Crippen MR) is 95.1 cm³/mol. The second-order valence-corrected chi connectivity index (χ2v) is 6.66. The average Bonchev–Trinajstić information content (AvgIpc) is 3.11. The molecular formula is C22H22. The molecule has 0 N–H and O–H groups in total. The molecule has 0 amide bonds. The van der Waals surface area contributed by atoms with Crippen molar-refractivity contribution < 1.29 is 0 Å². The first-order valence-corrected chi connectivity index (χ1v) is 8.29. The number of rotatable bonds is 3. The van der Waals surface area contributed by atoms with Crippen molar-refractivity contribution in [1.82, 2.24) is 0 Å². The first kappa shape index (κ1) is 13.6. The third-order valence-electron chi connectivity index (χ3n) is 5.26. The number of benzene rings is 2. The van der Waals surface area contributed by atoms with E-state index < -0.39 is 0 Å². The first-order valence-electron chi connectivity index (χ1n) is 8.29. The Hall–Kier alpha value is -2.08. The van der Waals surface area contributed by atoms with Gasteiger partial charge >= 0.3 is 0 Å². The summed E-state index contributed by atoms with van der Waals surface area (Å²) in [5.74, 6) is 1.19. The molecule has 2 aromatic carbocycles. The predicted octanol–water partition coefficient (Wildman–Crippen LogP) is 6.00. The molecule has 0 heterocycles. The van der Waals surface area contributed by atoms with Crippen molar-refractivity contribution in [1.29, 1.82) is 0 Å². The van der Waals surface area contributed by atoms with Crippen LogP contribution < -0.4 is 0 Å². The molecule has 0 saturated heterocycles. The molecule has 0 spiro atoms. The van der Waals surface area contributed by atoms with Gasteiger partial charge < -0.3 is 0 Å². The highest BCUT2D eigenvalue weighted by atomic mass is 14.3. The minimum absolute atomic E-state index is 0.595. The van der Waals surface area contributed by atoms with Crippen molar-refractivity contribution in [3.8, 4) is 0 Å². The minimum Gasteiger partial charge on any atom is -0.0764 e. The fourth-order valence-electron chi connectivity index (χ4n) is 4.18. The molecule has 2 atom stereocenters. The standard InChI is InChI=1S/C22H22/c1-15-5-3-7-17-9-11-19(21(15)17)13-14-20-12-10-18-8-4-6-16(2)22(18)20/h3-12,19-20H,13-14H2,1-2H3. The molecule has 2 aliphatic carbocycles. The van der Waals surface area contributed by atoms with E-state index in [2.05, 4.69) is 74.5 Å². The zero-order valence-corrected chi connectivity index (χ0v) is 13.3. The smallest absolute Gasteiger partial charge is 0.00301 e. The third kappa shape index (κ3) is 2.14. The van der Waals surface area contributed by atoms with Gasteiger partial charge in [0.25, 0.3) is 0 Å². The van der Waals surface area contributed by atoms with E-state index in [4.69, 9.17) is 0 Å². The summed E-state index contributed by atoms with van der Waals surface area (Å²) in [5.41, 5.74) is 8.81. The SMILES string of the molecule is Cc1cccc2c1C(CCC1C=Cc3cccc(C)c31)C=C2. The summed E-state index contributed by atoms with van der Waals surface area (Å²) < 4.78 is 0. The van der Waals surface area contributed by atoms with Crippen LogP contribution in [0.1, 0.15) is 58.1 Å². The summed E-state index contributed by atoms with van der Waals surface area (Å²) in [7, 11) is 0. The van der Waals surface area contributed by atoms with Gasteiger partial charge in [0.15, 0.2) is 0 Å². The lowest BCUT2D eigenvalue weighted by molar-refractivity contribution is 0.638. The minimum atomic E-state index is 0.595. The number of fused-ring (bicyclic) bond motifs is 2. The molecule has 0 nitrogen and oxygen atoms in total. The van der Waals surface area contributed by atoms with Crippen molar-refractivity contribution in [3.63, 3.8) is 0 Å². The summed E-state index contributed by atoms with van der Waals surface area (Å²) in [5, 5.41) is 0. The zero-order chi connectivity index (χ0) is 15.1. The van der Waals surface area contributed by atoms with Crippen LogP contribution in [0, 0.1) is 13.8 Å². The van der Waals surface area contributed by atoms with E-state index in [1.807, 2.05) is 0 Å². The highest BCUT2D eigenvalue weighted by Crippen LogP contribution is 2.41. The summed E-state index contributed by atoms with van der Waals surface area (Å²) in [6, 6.07) is 13.3. The number of hydrogen-bond acceptors (Lipinski definition) is 0. The third-order valence-corrected chi connectivity index (χ3v) is 5.26. The number of aryl methyl sites for hydroxylation is 2. The lowest BCUT2D eigenvalue weighted by Crippen LogP contribution is -2.02. The number of hydrogen-bond donors (Lipinski definition) is 0. The maximum absolute atomic E-state index is 2.40. The molecule has 2 aromatic rings. The Morgan fingerprint density at radius 2 is 1.14 bits per heavy atom. The molecule has 0 aliphatic heterocycles. The van der Waals surface area contributed by atoms with Gasteiger partial charge in [-0.2, -0.15) is 0 Å². The van der Waals surface area contributed by atoms with Crippen molar-refractivity contribution in [2.24, 2.45) is 0 Å². The summed E-state index contributed by atoms with van der Waals surface area (Å²) in [6.45, 7) is 4.49. The van der Waals surface area contributed by atoms with Gasteiger partial charge in [-0.25, -0.2) is 0 Å². The Morgan fingerprint density at radius 1 is 0.682 bits per heavy atom. The van der Waals surface area contributed by atoms with E-state index in [-0.39, 0.29) is 0 Å². The Bertz CT molecular complexity index is 709. The molecule has 0 radical (unpaired) electrons. The average molecular weight is 286 g/mol. The lowest BCUT2D eigenvalue weighted by atomic mass is 9.86. The van der Waals surface area contributed by atoms with Crippen LogP contribution in [0.2, 0.25) is 0 Å². The highest BCUT2D eigenvalue weighted by Gasteiger charge is 2.23. The molecule has 2 aliphatic rings. The van der Waals surface area contributed by atoms with Crippen molar-refractivity contribution >= 4 is 12.2 Å². The molecule has 0 heteroatoms. The maximum Gasteiger partial charge on any atom is 0.00301 e. The molecule has 0 bridgehead atoms. The van der Waals surface area contributed by atoms with Crippen LogP contribution in [0.3, 0.4) is 0 Å². The van der Waals surface area contributed by atoms with Crippen LogP contribution in [0.5, 0.6) is 0 Å². The van der Waals surface area contributed by atoms with Crippen LogP contribution >= 0.6 is 0 Å². The summed E-state index contributed by atoms with van der Waals surface area (Å²) in [6.07, 6.45) is 11.9. The molecule has 22 heavy (non-hydrogen) atoms. The van der Waals surface area contributed by atoms with Crippen LogP contribution in [0.25, 0.3) is 12.2 Å². The summed E-state index contributed by atoms with van der Waals surface area (Å²) >= 11 is 0. The van der Waals surface area contributed by atoms with Crippen LogP contribution in [-0.2, 0) is 0 Å². The number of allylic oxidation sites excluding steroid dienone is 2. The fraction of sp³-hybridized carbons (Fsp3) is 0.273. The van der Waals surface area contributed by atoms with Gasteiger partial charge in [-0.1, -0.05) is 60.7 Å². The van der Waals surface area contributed by atoms with Gasteiger partial charge in [0.2, 0.25) is 0 Å². The van der Waals surface area contributed by atoms with Crippen molar-refractivity contribution in [2.45, 2.75) is 38.5 Å². The van der Waals surface area contributed by atoms with E-state index in [1.54, 1.807) is 11.1 Å². The lowest BCUT2D eigenvalue weighted by Gasteiger charge is -2.18. The monoisotopic (exact) mass is 286 g/mol. The molecule has 2 unspecified atom stereocenters.